The van der Waals surface area contributed by atoms with Crippen molar-refractivity contribution in [3.8, 4) is 0 Å². The highest BCUT2D eigenvalue weighted by molar-refractivity contribution is 8.00. The van der Waals surface area contributed by atoms with Crippen molar-refractivity contribution in [1.29, 1.82) is 0 Å². The Hall–Kier alpha value is -2.05. The van der Waals surface area contributed by atoms with Gasteiger partial charge in [0.05, 0.1) is 11.9 Å². The summed E-state index contributed by atoms with van der Waals surface area (Å²) >= 11 is 1.32. The van der Waals surface area contributed by atoms with Gasteiger partial charge in [0.1, 0.15) is 5.82 Å². The topological polar surface area (TPSA) is 52.6 Å². The minimum atomic E-state index is -0.749. The van der Waals surface area contributed by atoms with E-state index in [1.165, 1.54) is 23.9 Å². The summed E-state index contributed by atoms with van der Waals surface area (Å²) in [6.07, 6.45) is -0.749. The molecule has 2 rings (SSSR count). The number of carbonyl (C=O) groups excluding carboxylic acids is 1. The Morgan fingerprint density at radius 1 is 1.17 bits per heavy atom. The standard InChI is InChI=1S/C18H21FN2O2S/c1-21(2)15-7-3-13(4-8-15)17(22)11-20-18(23)12-24-16-9-5-14(19)6-10-16/h3-10,17,22H,11-12H2,1-2H3,(H,20,23)/t17-/m1/s1. The van der Waals surface area contributed by atoms with Gasteiger partial charge in [-0.15, -0.1) is 11.8 Å². The molecule has 128 valence electrons. The van der Waals surface area contributed by atoms with Gasteiger partial charge in [-0.3, -0.25) is 4.79 Å². The molecule has 1 atom stereocenters. The van der Waals surface area contributed by atoms with E-state index in [4.69, 9.17) is 0 Å². The first-order valence-electron chi connectivity index (χ1n) is 7.56. The lowest BCUT2D eigenvalue weighted by Gasteiger charge is -2.15. The summed E-state index contributed by atoms with van der Waals surface area (Å²) in [5.41, 5.74) is 1.80. The van der Waals surface area contributed by atoms with Crippen LogP contribution in [0.15, 0.2) is 53.4 Å². The van der Waals surface area contributed by atoms with Crippen molar-refractivity contribution >= 4 is 23.4 Å². The van der Waals surface area contributed by atoms with E-state index in [0.717, 1.165) is 16.1 Å². The molecule has 2 aromatic carbocycles. The van der Waals surface area contributed by atoms with Gasteiger partial charge in [0.25, 0.3) is 0 Å². The maximum Gasteiger partial charge on any atom is 0.230 e. The Morgan fingerprint density at radius 2 is 1.79 bits per heavy atom. The maximum absolute atomic E-state index is 12.8. The lowest BCUT2D eigenvalue weighted by atomic mass is 10.1. The van der Waals surface area contributed by atoms with Crippen LogP contribution in [-0.2, 0) is 4.79 Å². The number of amides is 1. The SMILES string of the molecule is CN(C)c1ccc([C@H](O)CNC(=O)CSc2ccc(F)cc2)cc1. The minimum absolute atomic E-state index is 0.157. The van der Waals surface area contributed by atoms with Crippen LogP contribution in [0.5, 0.6) is 0 Å². The van der Waals surface area contributed by atoms with Crippen LogP contribution in [0, 0.1) is 5.82 Å². The van der Waals surface area contributed by atoms with E-state index in [0.29, 0.717) is 0 Å². The monoisotopic (exact) mass is 348 g/mol. The number of nitrogens with one attached hydrogen (secondary N) is 1. The van der Waals surface area contributed by atoms with Gasteiger partial charge in [-0.1, -0.05) is 12.1 Å². The normalized spacial score (nSPS) is 11.8. The number of hydrogen-bond donors (Lipinski definition) is 2. The Kier molecular flexibility index (Phi) is 6.63. The molecule has 2 N–H and O–H groups in total. The summed E-state index contributed by atoms with van der Waals surface area (Å²) in [5, 5.41) is 12.8. The van der Waals surface area contributed by atoms with Gasteiger partial charge in [-0.25, -0.2) is 4.39 Å². The first kappa shape index (κ1) is 18.3. The van der Waals surface area contributed by atoms with Crippen molar-refractivity contribution in [2.75, 3.05) is 31.3 Å². The summed E-state index contributed by atoms with van der Waals surface area (Å²) < 4.78 is 12.8. The third-order valence-electron chi connectivity index (χ3n) is 3.47. The molecule has 24 heavy (non-hydrogen) atoms. The van der Waals surface area contributed by atoms with Crippen LogP contribution in [0.3, 0.4) is 0 Å². The second-order valence-corrected chi connectivity index (χ2v) is 6.60. The first-order chi connectivity index (χ1) is 11.5. The van der Waals surface area contributed by atoms with Crippen LogP contribution in [0.2, 0.25) is 0 Å². The predicted molar refractivity (Wildman–Crippen MR) is 95.9 cm³/mol. The summed E-state index contributed by atoms with van der Waals surface area (Å²) in [4.78, 5) is 14.6. The zero-order chi connectivity index (χ0) is 17.5. The Morgan fingerprint density at radius 3 is 2.38 bits per heavy atom. The number of rotatable bonds is 7. The number of thioether (sulfide) groups is 1. The van der Waals surface area contributed by atoms with Crippen molar-refractivity contribution in [1.82, 2.24) is 5.32 Å². The molecule has 0 aromatic heterocycles. The number of aliphatic hydroxyl groups excluding tert-OH is 1. The highest BCUT2D eigenvalue weighted by Crippen LogP contribution is 2.19. The molecule has 0 unspecified atom stereocenters. The molecule has 0 spiro atoms. The number of anilines is 1. The zero-order valence-electron chi connectivity index (χ0n) is 13.7. The molecule has 0 saturated carbocycles. The maximum atomic E-state index is 12.8. The average molecular weight is 348 g/mol. The molecule has 0 aliphatic heterocycles. The fraction of sp³-hybridized carbons (Fsp3) is 0.278. The number of nitrogens with zero attached hydrogens (tertiary/aromatic N) is 1. The van der Waals surface area contributed by atoms with Crippen molar-refractivity contribution < 1.29 is 14.3 Å². The number of carbonyl (C=O) groups is 1. The molecule has 0 heterocycles. The first-order valence-corrected chi connectivity index (χ1v) is 8.54. The van der Waals surface area contributed by atoms with E-state index in [2.05, 4.69) is 5.32 Å². The summed E-state index contributed by atoms with van der Waals surface area (Å²) in [5.74, 6) is -0.252. The van der Waals surface area contributed by atoms with Crippen molar-refractivity contribution in [3.63, 3.8) is 0 Å². The molecular weight excluding hydrogens is 327 g/mol. The molecule has 0 fully saturated rings. The summed E-state index contributed by atoms with van der Waals surface area (Å²) in [7, 11) is 3.90. The quantitative estimate of drug-likeness (QED) is 0.756. The van der Waals surface area contributed by atoms with Crippen molar-refractivity contribution in [2.45, 2.75) is 11.0 Å². The predicted octanol–water partition coefficient (Wildman–Crippen LogP) is 2.83. The van der Waals surface area contributed by atoms with Gasteiger partial charge in [0.15, 0.2) is 0 Å². The highest BCUT2D eigenvalue weighted by Gasteiger charge is 2.10. The number of halogens is 1. The van der Waals surface area contributed by atoms with Gasteiger partial charge in [-0.05, 0) is 42.0 Å². The minimum Gasteiger partial charge on any atom is -0.387 e. The fourth-order valence-electron chi connectivity index (χ4n) is 2.05. The molecule has 0 aliphatic rings. The van der Waals surface area contributed by atoms with Gasteiger partial charge in [0.2, 0.25) is 5.91 Å². The van der Waals surface area contributed by atoms with Gasteiger partial charge < -0.3 is 15.3 Å². The third kappa shape index (κ3) is 5.54. The zero-order valence-corrected chi connectivity index (χ0v) is 14.5. The number of aliphatic hydroxyl groups is 1. The fourth-order valence-corrected chi connectivity index (χ4v) is 2.78. The molecule has 1 amide bonds. The van der Waals surface area contributed by atoms with Gasteiger partial charge in [0, 0.05) is 31.2 Å². The second-order valence-electron chi connectivity index (χ2n) is 5.55. The molecule has 6 heteroatoms. The van der Waals surface area contributed by atoms with Gasteiger partial charge in [-0.2, -0.15) is 0 Å². The Bertz CT molecular complexity index is 660. The third-order valence-corrected chi connectivity index (χ3v) is 4.48. The van der Waals surface area contributed by atoms with Crippen LogP contribution in [-0.4, -0.2) is 37.4 Å². The Labute approximate surface area is 145 Å². The Balaban J connectivity index is 1.77. The van der Waals surface area contributed by atoms with Crippen LogP contribution >= 0.6 is 11.8 Å². The molecule has 0 aliphatic carbocycles. The highest BCUT2D eigenvalue weighted by atomic mass is 32.2. The lowest BCUT2D eigenvalue weighted by Crippen LogP contribution is -2.29. The smallest absolute Gasteiger partial charge is 0.230 e. The molecular formula is C18H21FN2O2S. The van der Waals surface area contributed by atoms with E-state index in [-0.39, 0.29) is 24.0 Å². The van der Waals surface area contributed by atoms with E-state index in [1.54, 1.807) is 12.1 Å². The molecule has 0 saturated heterocycles. The van der Waals surface area contributed by atoms with E-state index in [1.807, 2.05) is 43.3 Å². The van der Waals surface area contributed by atoms with Crippen molar-refractivity contribution in [2.24, 2.45) is 0 Å². The molecule has 2 aromatic rings. The molecule has 0 radical (unpaired) electrons. The van der Waals surface area contributed by atoms with Crippen LogP contribution in [0.4, 0.5) is 10.1 Å². The largest absolute Gasteiger partial charge is 0.387 e. The van der Waals surface area contributed by atoms with Gasteiger partial charge >= 0.3 is 0 Å². The van der Waals surface area contributed by atoms with Crippen molar-refractivity contribution in [3.05, 3.63) is 59.9 Å². The summed E-state index contributed by atoms with van der Waals surface area (Å²) in [6.45, 7) is 0.157. The number of benzene rings is 2. The average Bonchev–Trinajstić information content (AvgIpc) is 2.59. The van der Waals surface area contributed by atoms with Crippen LogP contribution < -0.4 is 10.2 Å². The lowest BCUT2D eigenvalue weighted by molar-refractivity contribution is -0.119. The van der Waals surface area contributed by atoms with Crippen LogP contribution in [0.25, 0.3) is 0 Å². The summed E-state index contributed by atoms with van der Waals surface area (Å²) in [6, 6.07) is 13.5. The van der Waals surface area contributed by atoms with Crippen LogP contribution in [0.1, 0.15) is 11.7 Å². The number of hydrogen-bond acceptors (Lipinski definition) is 4. The molecule has 4 nitrogen and oxygen atoms in total. The second kappa shape index (κ2) is 8.70. The van der Waals surface area contributed by atoms with E-state index in [9.17, 15) is 14.3 Å². The van der Waals surface area contributed by atoms with E-state index < -0.39 is 6.10 Å². The van der Waals surface area contributed by atoms with E-state index >= 15 is 0 Å². The molecule has 0 bridgehead atoms.